The van der Waals surface area contributed by atoms with Gasteiger partial charge in [-0.05, 0) is 83.6 Å². The third-order valence-electron chi connectivity index (χ3n) is 4.99. The van der Waals surface area contributed by atoms with E-state index in [1.54, 1.807) is 66.7 Å². The zero-order valence-electron chi connectivity index (χ0n) is 18.8. The summed E-state index contributed by atoms with van der Waals surface area (Å²) >= 11 is 2.79. The van der Waals surface area contributed by atoms with Crippen molar-refractivity contribution in [2.75, 3.05) is 10.6 Å². The van der Waals surface area contributed by atoms with Gasteiger partial charge in [0.25, 0.3) is 11.8 Å². The van der Waals surface area contributed by atoms with Crippen LogP contribution in [0.3, 0.4) is 0 Å². The first kappa shape index (κ1) is 23.3. The molecule has 5 aromatic rings. The van der Waals surface area contributed by atoms with Gasteiger partial charge in [-0.3, -0.25) is 9.59 Å². The largest absolute Gasteiger partial charge is 0.457 e. The molecule has 2 aromatic heterocycles. The van der Waals surface area contributed by atoms with Crippen LogP contribution in [0, 0.1) is 0 Å². The van der Waals surface area contributed by atoms with Crippen LogP contribution < -0.4 is 20.1 Å². The highest BCUT2D eigenvalue weighted by molar-refractivity contribution is 7.12. The van der Waals surface area contributed by atoms with Crippen molar-refractivity contribution in [1.82, 2.24) is 0 Å². The van der Waals surface area contributed by atoms with Gasteiger partial charge in [0.1, 0.15) is 23.0 Å². The van der Waals surface area contributed by atoms with E-state index in [9.17, 15) is 9.59 Å². The van der Waals surface area contributed by atoms with Gasteiger partial charge in [0, 0.05) is 17.4 Å². The lowest BCUT2D eigenvalue weighted by Crippen LogP contribution is -2.09. The highest BCUT2D eigenvalue weighted by Gasteiger charge is 2.09. The Bertz CT molecular complexity index is 1340. The Kier molecular flexibility index (Phi) is 7.07. The number of benzene rings is 3. The fourth-order valence-electron chi connectivity index (χ4n) is 3.29. The van der Waals surface area contributed by atoms with Gasteiger partial charge in [0.2, 0.25) is 0 Å². The van der Waals surface area contributed by atoms with Crippen LogP contribution in [0.2, 0.25) is 0 Å². The van der Waals surface area contributed by atoms with Crippen molar-refractivity contribution in [3.63, 3.8) is 0 Å². The van der Waals surface area contributed by atoms with E-state index in [0.29, 0.717) is 44.1 Å². The molecule has 36 heavy (non-hydrogen) atoms. The van der Waals surface area contributed by atoms with Crippen molar-refractivity contribution in [1.29, 1.82) is 0 Å². The molecule has 0 saturated carbocycles. The van der Waals surface area contributed by atoms with E-state index >= 15 is 0 Å². The fourth-order valence-corrected chi connectivity index (χ4v) is 4.52. The summed E-state index contributed by atoms with van der Waals surface area (Å²) < 4.78 is 11.9. The Hall–Kier alpha value is -4.40. The smallest absolute Gasteiger partial charge is 0.265 e. The number of ether oxygens (including phenoxy) is 2. The summed E-state index contributed by atoms with van der Waals surface area (Å²) in [6.45, 7) is 0. The number of carbonyl (C=O) groups excluding carboxylic acids is 2. The van der Waals surface area contributed by atoms with Gasteiger partial charge in [-0.2, -0.15) is 0 Å². The molecule has 3 aromatic carbocycles. The van der Waals surface area contributed by atoms with Gasteiger partial charge in [-0.1, -0.05) is 18.2 Å². The number of amides is 2. The number of rotatable bonds is 8. The zero-order chi connectivity index (χ0) is 24.7. The van der Waals surface area contributed by atoms with Gasteiger partial charge in [-0.15, -0.1) is 22.7 Å². The molecule has 0 aliphatic carbocycles. The van der Waals surface area contributed by atoms with Crippen molar-refractivity contribution < 1.29 is 19.1 Å². The molecule has 2 heterocycles. The normalized spacial score (nSPS) is 10.4. The maximum absolute atomic E-state index is 12.2. The average Bonchev–Trinajstić information content (AvgIpc) is 3.62. The van der Waals surface area contributed by atoms with E-state index in [4.69, 9.17) is 9.47 Å². The molecule has 0 aliphatic heterocycles. The van der Waals surface area contributed by atoms with E-state index in [0.717, 1.165) is 0 Å². The lowest BCUT2D eigenvalue weighted by Gasteiger charge is -2.11. The van der Waals surface area contributed by atoms with Crippen molar-refractivity contribution >= 4 is 45.9 Å². The minimum absolute atomic E-state index is 0.138. The Morgan fingerprint density at radius 2 is 0.972 bits per heavy atom. The molecule has 0 atom stereocenters. The number of anilines is 2. The third kappa shape index (κ3) is 5.99. The molecule has 8 heteroatoms. The maximum atomic E-state index is 12.2. The maximum Gasteiger partial charge on any atom is 0.265 e. The molecule has 0 bridgehead atoms. The number of nitrogens with one attached hydrogen (secondary N) is 2. The summed E-state index contributed by atoms with van der Waals surface area (Å²) in [7, 11) is 0. The number of carbonyl (C=O) groups is 2. The van der Waals surface area contributed by atoms with Crippen molar-refractivity contribution in [3.05, 3.63) is 118 Å². The molecule has 2 amide bonds. The standard InChI is InChI=1S/C28H20N2O4S2/c31-27(25-6-2-16-35-25)29-19-8-12-21(13-9-19)33-23-4-1-5-24(18-23)34-22-14-10-20(11-15-22)30-28(32)26-7-3-17-36-26/h1-18H,(H,29,31)(H,30,32). The molecular weight excluding hydrogens is 492 g/mol. The summed E-state index contributed by atoms with van der Waals surface area (Å²) in [6.07, 6.45) is 0. The molecule has 178 valence electrons. The highest BCUT2D eigenvalue weighted by Crippen LogP contribution is 2.29. The Morgan fingerprint density at radius 3 is 1.36 bits per heavy atom. The van der Waals surface area contributed by atoms with E-state index in [1.807, 2.05) is 41.1 Å². The van der Waals surface area contributed by atoms with Crippen molar-refractivity contribution in [3.8, 4) is 23.0 Å². The molecule has 0 saturated heterocycles. The van der Waals surface area contributed by atoms with Gasteiger partial charge in [0.15, 0.2) is 0 Å². The second-order valence-corrected chi connectivity index (χ2v) is 9.49. The zero-order valence-corrected chi connectivity index (χ0v) is 20.5. The average molecular weight is 513 g/mol. The van der Waals surface area contributed by atoms with E-state index in [1.165, 1.54) is 22.7 Å². The van der Waals surface area contributed by atoms with Crippen LogP contribution in [0.5, 0.6) is 23.0 Å². The summed E-state index contributed by atoms with van der Waals surface area (Å²) in [5.41, 5.74) is 1.38. The summed E-state index contributed by atoms with van der Waals surface area (Å²) in [6, 6.07) is 28.9. The fraction of sp³-hybridized carbons (Fsp3) is 0. The lowest BCUT2D eigenvalue weighted by atomic mass is 10.2. The van der Waals surface area contributed by atoms with Crippen LogP contribution in [0.15, 0.2) is 108 Å². The van der Waals surface area contributed by atoms with Gasteiger partial charge in [0.05, 0.1) is 9.75 Å². The molecule has 2 N–H and O–H groups in total. The second kappa shape index (κ2) is 10.9. The molecule has 5 rings (SSSR count). The van der Waals surface area contributed by atoms with Gasteiger partial charge >= 0.3 is 0 Å². The van der Waals surface area contributed by atoms with Crippen molar-refractivity contribution in [2.45, 2.75) is 0 Å². The van der Waals surface area contributed by atoms with Crippen LogP contribution in [-0.2, 0) is 0 Å². The molecule has 0 fully saturated rings. The molecule has 0 aliphatic rings. The first-order chi connectivity index (χ1) is 17.6. The van der Waals surface area contributed by atoms with Gasteiger partial charge < -0.3 is 20.1 Å². The van der Waals surface area contributed by atoms with Crippen LogP contribution >= 0.6 is 22.7 Å². The SMILES string of the molecule is O=C(Nc1ccc(Oc2cccc(Oc3ccc(NC(=O)c4cccs4)cc3)c2)cc1)c1cccs1. The van der Waals surface area contributed by atoms with Crippen LogP contribution in [-0.4, -0.2) is 11.8 Å². The molecule has 0 unspecified atom stereocenters. The van der Waals surface area contributed by atoms with E-state index in [-0.39, 0.29) is 11.8 Å². The second-order valence-electron chi connectivity index (χ2n) is 7.59. The summed E-state index contributed by atoms with van der Waals surface area (Å²) in [5, 5.41) is 9.47. The summed E-state index contributed by atoms with van der Waals surface area (Å²) in [5.74, 6) is 2.22. The lowest BCUT2D eigenvalue weighted by molar-refractivity contribution is 0.102. The molecule has 0 radical (unpaired) electrons. The molecular formula is C28H20N2O4S2. The topological polar surface area (TPSA) is 76.7 Å². The Labute approximate surface area is 215 Å². The van der Waals surface area contributed by atoms with Crippen LogP contribution in [0.1, 0.15) is 19.3 Å². The predicted octanol–water partition coefficient (Wildman–Crippen LogP) is 7.90. The first-order valence-corrected chi connectivity index (χ1v) is 12.7. The van der Waals surface area contributed by atoms with E-state index in [2.05, 4.69) is 10.6 Å². The molecule has 0 spiro atoms. The van der Waals surface area contributed by atoms with E-state index < -0.39 is 0 Å². The third-order valence-corrected chi connectivity index (χ3v) is 6.73. The Morgan fingerprint density at radius 1 is 0.528 bits per heavy atom. The number of thiophene rings is 2. The van der Waals surface area contributed by atoms with Crippen molar-refractivity contribution in [2.24, 2.45) is 0 Å². The highest BCUT2D eigenvalue weighted by atomic mass is 32.1. The monoisotopic (exact) mass is 512 g/mol. The number of hydrogen-bond donors (Lipinski definition) is 2. The predicted molar refractivity (Wildman–Crippen MR) is 144 cm³/mol. The van der Waals surface area contributed by atoms with Crippen LogP contribution in [0.25, 0.3) is 0 Å². The Balaban J connectivity index is 1.17. The van der Waals surface area contributed by atoms with Crippen LogP contribution in [0.4, 0.5) is 11.4 Å². The molecule has 6 nitrogen and oxygen atoms in total. The number of hydrogen-bond acceptors (Lipinski definition) is 6. The van der Waals surface area contributed by atoms with Gasteiger partial charge in [-0.25, -0.2) is 0 Å². The summed E-state index contributed by atoms with van der Waals surface area (Å²) in [4.78, 5) is 25.7. The minimum Gasteiger partial charge on any atom is -0.457 e. The first-order valence-electron chi connectivity index (χ1n) is 11.0. The minimum atomic E-state index is -0.138. The quantitative estimate of drug-likeness (QED) is 0.222.